The molecule has 2 fully saturated rings. The van der Waals surface area contributed by atoms with Crippen molar-refractivity contribution in [3.8, 4) is 0 Å². The summed E-state index contributed by atoms with van der Waals surface area (Å²) in [4.78, 5) is 55.5. The molecule has 4 N–H and O–H groups in total. The number of amides is 4. The number of likely N-dealkylation sites (tertiary alicyclic amines) is 1. The molecular formula is C35H58N5O6S+. The number of ether oxygens (including phenoxy) is 1. The van der Waals surface area contributed by atoms with Gasteiger partial charge in [-0.25, -0.2) is 9.59 Å². The number of carbonyl (C=O) groups is 4. The summed E-state index contributed by atoms with van der Waals surface area (Å²) in [6.45, 7) is 4.63. The number of carbonyl (C=O) groups excluding carboxylic acids is 4. The highest BCUT2D eigenvalue weighted by Gasteiger charge is 2.36. The number of benzene rings is 1. The van der Waals surface area contributed by atoms with Crippen LogP contribution in [0.4, 0.5) is 4.79 Å². The predicted molar refractivity (Wildman–Crippen MR) is 186 cm³/mol. The molecule has 1 aliphatic heterocycles. The first-order chi connectivity index (χ1) is 22.3. The fourth-order valence-corrected chi connectivity index (χ4v) is 7.13. The number of hydrogen-bond donors (Lipinski definition) is 4. The molecule has 1 aromatic carbocycles. The smallest absolute Gasteiger partial charge is 0.337 e. The van der Waals surface area contributed by atoms with Crippen molar-refractivity contribution in [3.05, 3.63) is 35.9 Å². The molecule has 0 unspecified atom stereocenters. The highest BCUT2D eigenvalue weighted by Crippen LogP contribution is 2.28. The van der Waals surface area contributed by atoms with Crippen LogP contribution < -0.4 is 16.0 Å². The van der Waals surface area contributed by atoms with E-state index in [1.165, 1.54) is 11.8 Å². The molecule has 3 rings (SSSR count). The van der Waals surface area contributed by atoms with Crippen molar-refractivity contribution >= 4 is 35.6 Å². The van der Waals surface area contributed by atoms with Gasteiger partial charge in [0.05, 0.1) is 39.3 Å². The molecule has 1 saturated carbocycles. The topological polar surface area (TPSA) is 137 Å². The molecule has 1 heterocycles. The molecule has 264 valence electrons. The number of aliphatic hydroxyl groups excluding tert-OH is 1. The van der Waals surface area contributed by atoms with E-state index < -0.39 is 48.1 Å². The molecule has 0 aromatic heterocycles. The van der Waals surface area contributed by atoms with E-state index in [0.29, 0.717) is 25.6 Å². The van der Waals surface area contributed by atoms with Gasteiger partial charge in [0.1, 0.15) is 12.1 Å². The van der Waals surface area contributed by atoms with Crippen LogP contribution in [-0.2, 0) is 25.5 Å². The molecule has 4 amide bonds. The zero-order valence-electron chi connectivity index (χ0n) is 29.2. The van der Waals surface area contributed by atoms with E-state index in [1.807, 2.05) is 36.6 Å². The zero-order valence-corrected chi connectivity index (χ0v) is 30.0. The van der Waals surface area contributed by atoms with Gasteiger partial charge in [-0.05, 0) is 38.0 Å². The number of hydrogen-bond acceptors (Lipinski definition) is 7. The van der Waals surface area contributed by atoms with E-state index in [0.717, 1.165) is 55.0 Å². The maximum atomic E-state index is 13.8. The fraction of sp³-hybridized carbons (Fsp3) is 0.714. The maximum absolute atomic E-state index is 13.8. The summed E-state index contributed by atoms with van der Waals surface area (Å²) in [7, 11) is 6.49. The lowest BCUT2D eigenvalue weighted by atomic mass is 9.83. The van der Waals surface area contributed by atoms with Crippen molar-refractivity contribution in [1.29, 1.82) is 0 Å². The van der Waals surface area contributed by atoms with Gasteiger partial charge < -0.3 is 35.2 Å². The van der Waals surface area contributed by atoms with Gasteiger partial charge in [-0.15, -0.1) is 0 Å². The van der Waals surface area contributed by atoms with Crippen LogP contribution in [0.25, 0.3) is 0 Å². The lowest BCUT2D eigenvalue weighted by molar-refractivity contribution is -0.897. The number of nitrogens with one attached hydrogen (secondary N) is 3. The monoisotopic (exact) mass is 676 g/mol. The lowest BCUT2D eigenvalue weighted by Crippen LogP contribution is -2.60. The maximum Gasteiger partial charge on any atom is 0.337 e. The van der Waals surface area contributed by atoms with E-state index in [-0.39, 0.29) is 24.1 Å². The first-order valence-electron chi connectivity index (χ1n) is 17.2. The third-order valence-electron chi connectivity index (χ3n) is 9.32. The molecule has 11 nitrogen and oxygen atoms in total. The highest BCUT2D eigenvalue weighted by atomic mass is 32.2. The Morgan fingerprint density at radius 3 is 2.11 bits per heavy atom. The number of piperidine rings is 1. The normalized spacial score (nSPS) is 18.9. The second-order valence-corrected chi connectivity index (χ2v) is 15.2. The SMILES string of the molecule is CSC[C@H](NC(=O)[C@H](Cc1ccccc1)NC(=O)N1CCC([N+](C)(C)C)CC1)C(=O)N[C@@H](CC1CCCCC1)[C@@H](O)C(=O)OC(C)C. The first kappa shape index (κ1) is 38.6. The Hall–Kier alpha value is -2.83. The fourth-order valence-electron chi connectivity index (χ4n) is 6.56. The molecule has 12 heteroatoms. The molecule has 2 aliphatic rings. The van der Waals surface area contributed by atoms with Gasteiger partial charge in [0.2, 0.25) is 11.8 Å². The molecule has 1 aliphatic carbocycles. The standard InChI is InChI=1S/C35H57N5O6S/c1-24(2)46-34(44)31(41)28(21-25-13-9-7-10-14-25)36-33(43)30(23-47-6)37-32(42)29(22-26-15-11-8-12-16-26)38-35(45)39-19-17-27(18-20-39)40(3,4)5/h8,11-12,15-16,24-25,27-31,41H,7,9-10,13-14,17-23H2,1-6H3,(H2-,36,37,38,42,43,45)/p+1/t28-,29-,30-,31+/m0/s1. The van der Waals surface area contributed by atoms with Crippen molar-refractivity contribution in [2.24, 2.45) is 5.92 Å². The highest BCUT2D eigenvalue weighted by molar-refractivity contribution is 7.98. The number of aliphatic hydroxyl groups is 1. The molecule has 0 spiro atoms. The van der Waals surface area contributed by atoms with Crippen molar-refractivity contribution in [3.63, 3.8) is 0 Å². The molecule has 1 saturated heterocycles. The largest absolute Gasteiger partial charge is 0.461 e. The molecule has 0 radical (unpaired) electrons. The lowest BCUT2D eigenvalue weighted by Gasteiger charge is -2.40. The summed E-state index contributed by atoms with van der Waals surface area (Å²) in [5, 5.41) is 19.7. The minimum absolute atomic E-state index is 0.255. The Labute approximate surface area is 285 Å². The Balaban J connectivity index is 1.74. The van der Waals surface area contributed by atoms with Crippen LogP contribution in [0, 0.1) is 5.92 Å². The Bertz CT molecular complexity index is 1150. The van der Waals surface area contributed by atoms with Crippen LogP contribution in [-0.4, -0.2) is 121 Å². The van der Waals surface area contributed by atoms with E-state index in [2.05, 4.69) is 37.1 Å². The third kappa shape index (κ3) is 12.6. The van der Waals surface area contributed by atoms with E-state index in [1.54, 1.807) is 18.7 Å². The van der Waals surface area contributed by atoms with Crippen molar-refractivity contribution in [1.82, 2.24) is 20.9 Å². The first-order valence-corrected chi connectivity index (χ1v) is 18.6. The molecule has 47 heavy (non-hydrogen) atoms. The third-order valence-corrected chi connectivity index (χ3v) is 9.99. The van der Waals surface area contributed by atoms with Crippen molar-refractivity contribution in [2.45, 2.75) is 108 Å². The van der Waals surface area contributed by atoms with E-state index in [9.17, 15) is 24.3 Å². The van der Waals surface area contributed by atoms with Crippen LogP contribution in [0.15, 0.2) is 30.3 Å². The number of urea groups is 1. The van der Waals surface area contributed by atoms with Gasteiger partial charge >= 0.3 is 12.0 Å². The Morgan fingerprint density at radius 1 is 0.915 bits per heavy atom. The molecular weight excluding hydrogens is 618 g/mol. The summed E-state index contributed by atoms with van der Waals surface area (Å²) < 4.78 is 6.11. The number of nitrogens with zero attached hydrogens (tertiary/aromatic N) is 2. The number of rotatable bonds is 15. The quantitative estimate of drug-likeness (QED) is 0.166. The molecule has 0 bridgehead atoms. The number of esters is 1. The zero-order chi connectivity index (χ0) is 34.6. The van der Waals surface area contributed by atoms with Crippen LogP contribution in [0.3, 0.4) is 0 Å². The molecule has 4 atom stereocenters. The van der Waals surface area contributed by atoms with Crippen LogP contribution >= 0.6 is 11.8 Å². The summed E-state index contributed by atoms with van der Waals surface area (Å²) in [5.74, 6) is -1.20. The van der Waals surface area contributed by atoms with Gasteiger partial charge in [0, 0.05) is 38.1 Å². The van der Waals surface area contributed by atoms with Crippen LogP contribution in [0.1, 0.15) is 70.8 Å². The van der Waals surface area contributed by atoms with Gasteiger partial charge in [0.25, 0.3) is 0 Å². The van der Waals surface area contributed by atoms with Gasteiger partial charge in [-0.3, -0.25) is 9.59 Å². The average Bonchev–Trinajstić information content (AvgIpc) is 3.03. The minimum atomic E-state index is -1.53. The van der Waals surface area contributed by atoms with Gasteiger partial charge in [0.15, 0.2) is 6.10 Å². The second-order valence-electron chi connectivity index (χ2n) is 14.3. The number of thioether (sulfide) groups is 1. The van der Waals surface area contributed by atoms with Gasteiger partial charge in [-0.1, -0.05) is 62.4 Å². The van der Waals surface area contributed by atoms with Crippen molar-refractivity contribution < 1.29 is 33.5 Å². The van der Waals surface area contributed by atoms with Crippen molar-refractivity contribution in [2.75, 3.05) is 46.2 Å². The summed E-state index contributed by atoms with van der Waals surface area (Å²) in [5.41, 5.74) is 0.877. The predicted octanol–water partition coefficient (Wildman–Crippen LogP) is 3.09. The summed E-state index contributed by atoms with van der Waals surface area (Å²) >= 11 is 1.39. The van der Waals surface area contributed by atoms with Gasteiger partial charge in [-0.2, -0.15) is 11.8 Å². The molecule has 1 aromatic rings. The van der Waals surface area contributed by atoms with E-state index >= 15 is 0 Å². The van der Waals surface area contributed by atoms with E-state index in [4.69, 9.17) is 4.74 Å². The van der Waals surface area contributed by atoms with Crippen LogP contribution in [0.5, 0.6) is 0 Å². The number of quaternary nitrogens is 1. The summed E-state index contributed by atoms with van der Waals surface area (Å²) in [6, 6.07) is 6.90. The Kier molecular flexibility index (Phi) is 15.3. The Morgan fingerprint density at radius 2 is 1.53 bits per heavy atom. The minimum Gasteiger partial charge on any atom is -0.461 e. The van der Waals surface area contributed by atoms with Crippen LogP contribution in [0.2, 0.25) is 0 Å². The second kappa shape index (κ2) is 18.6. The summed E-state index contributed by atoms with van der Waals surface area (Å²) in [6.07, 6.45) is 7.59. The average molecular weight is 677 g/mol.